The van der Waals surface area contributed by atoms with Crippen LogP contribution in [0.15, 0.2) is 5.38 Å². The molecule has 0 atom stereocenters. The third-order valence-electron chi connectivity index (χ3n) is 2.91. The van der Waals surface area contributed by atoms with E-state index < -0.39 is 0 Å². The number of anilines is 1. The van der Waals surface area contributed by atoms with Crippen LogP contribution < -0.4 is 5.32 Å². The van der Waals surface area contributed by atoms with Crippen LogP contribution in [0.3, 0.4) is 0 Å². The fourth-order valence-corrected chi connectivity index (χ4v) is 2.57. The van der Waals surface area contributed by atoms with Crippen molar-refractivity contribution in [2.45, 2.75) is 6.42 Å². The summed E-state index contributed by atoms with van der Waals surface area (Å²) < 4.78 is 9.91. The number of carbonyl (C=O) groups is 1. The summed E-state index contributed by atoms with van der Waals surface area (Å²) in [6, 6.07) is 0. The molecule has 1 fully saturated rings. The number of hydrogen-bond donors (Lipinski definition) is 1. The van der Waals surface area contributed by atoms with Crippen LogP contribution in [0, 0.1) is 0 Å². The van der Waals surface area contributed by atoms with E-state index in [1.807, 2.05) is 5.38 Å². The first-order valence-electron chi connectivity index (χ1n) is 6.33. The Morgan fingerprint density at radius 2 is 2.37 bits per heavy atom. The number of carbonyl (C=O) groups excluding carboxylic acids is 1. The van der Waals surface area contributed by atoms with Gasteiger partial charge in [0.2, 0.25) is 0 Å². The fourth-order valence-electron chi connectivity index (χ4n) is 1.84. The molecular formula is C12H19N3O3S. The average molecular weight is 285 g/mol. The van der Waals surface area contributed by atoms with E-state index in [2.05, 4.69) is 19.9 Å². The van der Waals surface area contributed by atoms with Crippen molar-refractivity contribution in [2.24, 2.45) is 0 Å². The van der Waals surface area contributed by atoms with Gasteiger partial charge in [-0.15, -0.1) is 11.3 Å². The van der Waals surface area contributed by atoms with Crippen LogP contribution in [0.4, 0.5) is 5.13 Å². The van der Waals surface area contributed by atoms with Crippen molar-refractivity contribution in [3.8, 4) is 0 Å². The minimum absolute atomic E-state index is 0.234. The number of methoxy groups -OCH3 is 1. The zero-order chi connectivity index (χ0) is 13.5. The summed E-state index contributed by atoms with van der Waals surface area (Å²) in [5.41, 5.74) is 0.755. The summed E-state index contributed by atoms with van der Waals surface area (Å²) >= 11 is 1.52. The summed E-state index contributed by atoms with van der Waals surface area (Å²) in [6.07, 6.45) is 0.234. The molecule has 106 valence electrons. The van der Waals surface area contributed by atoms with E-state index >= 15 is 0 Å². The zero-order valence-electron chi connectivity index (χ0n) is 11.1. The number of ether oxygens (including phenoxy) is 2. The molecule has 1 N–H and O–H groups in total. The van der Waals surface area contributed by atoms with Gasteiger partial charge >= 0.3 is 5.97 Å². The maximum absolute atomic E-state index is 11.1. The molecule has 19 heavy (non-hydrogen) atoms. The van der Waals surface area contributed by atoms with Crippen LogP contribution >= 0.6 is 11.3 Å². The summed E-state index contributed by atoms with van der Waals surface area (Å²) in [6.45, 7) is 5.46. The van der Waals surface area contributed by atoms with Gasteiger partial charge in [0.05, 0.1) is 32.4 Å². The van der Waals surface area contributed by atoms with E-state index in [1.165, 1.54) is 18.4 Å². The molecule has 1 aliphatic rings. The van der Waals surface area contributed by atoms with E-state index in [-0.39, 0.29) is 12.4 Å². The smallest absolute Gasteiger partial charge is 0.311 e. The number of esters is 1. The van der Waals surface area contributed by atoms with Gasteiger partial charge < -0.3 is 14.8 Å². The van der Waals surface area contributed by atoms with Gasteiger partial charge in [-0.2, -0.15) is 0 Å². The Hall–Kier alpha value is -1.18. The molecule has 1 aromatic rings. The maximum Gasteiger partial charge on any atom is 0.311 e. The lowest BCUT2D eigenvalue weighted by Crippen LogP contribution is -2.38. The molecule has 1 aliphatic heterocycles. The van der Waals surface area contributed by atoms with Crippen molar-refractivity contribution in [3.05, 3.63) is 11.1 Å². The second kappa shape index (κ2) is 7.42. The van der Waals surface area contributed by atoms with Gasteiger partial charge in [-0.05, 0) is 0 Å². The van der Waals surface area contributed by atoms with Crippen LogP contribution in [-0.2, 0) is 20.7 Å². The third-order valence-corrected chi connectivity index (χ3v) is 3.76. The standard InChI is InChI=1S/C12H19N3O3S/c1-17-11(16)8-10-9-19-12(14-10)13-2-3-15-4-6-18-7-5-15/h9H,2-8H2,1H3,(H,13,14). The topological polar surface area (TPSA) is 63.7 Å². The lowest BCUT2D eigenvalue weighted by molar-refractivity contribution is -0.139. The molecule has 2 heterocycles. The number of hydrogen-bond acceptors (Lipinski definition) is 7. The van der Waals surface area contributed by atoms with Crippen molar-refractivity contribution in [2.75, 3.05) is 51.8 Å². The fraction of sp³-hybridized carbons (Fsp3) is 0.667. The lowest BCUT2D eigenvalue weighted by Gasteiger charge is -2.26. The second-order valence-electron chi connectivity index (χ2n) is 4.28. The summed E-state index contributed by atoms with van der Waals surface area (Å²) in [7, 11) is 1.39. The third kappa shape index (κ3) is 4.77. The first kappa shape index (κ1) is 14.2. The number of nitrogens with zero attached hydrogens (tertiary/aromatic N) is 2. The van der Waals surface area contributed by atoms with Crippen LogP contribution in [0.1, 0.15) is 5.69 Å². The Bertz CT molecular complexity index is 405. The van der Waals surface area contributed by atoms with Crippen LogP contribution in [0.2, 0.25) is 0 Å². The number of nitrogens with one attached hydrogen (secondary N) is 1. The monoisotopic (exact) mass is 285 g/mol. The average Bonchev–Trinajstić information content (AvgIpc) is 2.87. The van der Waals surface area contributed by atoms with Crippen molar-refractivity contribution in [1.82, 2.24) is 9.88 Å². The molecule has 7 heteroatoms. The molecular weight excluding hydrogens is 266 g/mol. The highest BCUT2D eigenvalue weighted by Gasteiger charge is 2.10. The minimum Gasteiger partial charge on any atom is -0.469 e. The molecule has 0 bridgehead atoms. The Labute approximate surface area is 116 Å². The molecule has 1 saturated heterocycles. The SMILES string of the molecule is COC(=O)Cc1csc(NCCN2CCOCC2)n1. The predicted octanol–water partition coefficient (Wildman–Crippen LogP) is 0.603. The van der Waals surface area contributed by atoms with Crippen molar-refractivity contribution in [1.29, 1.82) is 0 Å². The van der Waals surface area contributed by atoms with Gasteiger partial charge in [-0.3, -0.25) is 9.69 Å². The number of thiazole rings is 1. The van der Waals surface area contributed by atoms with Crippen LogP contribution in [0.5, 0.6) is 0 Å². The highest BCUT2D eigenvalue weighted by atomic mass is 32.1. The molecule has 0 unspecified atom stereocenters. The zero-order valence-corrected chi connectivity index (χ0v) is 11.9. The van der Waals surface area contributed by atoms with Gasteiger partial charge in [0, 0.05) is 31.6 Å². The molecule has 2 rings (SSSR count). The van der Waals surface area contributed by atoms with Gasteiger partial charge in [0.25, 0.3) is 0 Å². The number of aromatic nitrogens is 1. The number of rotatable bonds is 6. The molecule has 0 spiro atoms. The molecule has 0 aliphatic carbocycles. The molecule has 1 aromatic heterocycles. The van der Waals surface area contributed by atoms with E-state index in [9.17, 15) is 4.79 Å². The van der Waals surface area contributed by atoms with Crippen molar-refractivity contribution in [3.63, 3.8) is 0 Å². The van der Waals surface area contributed by atoms with Crippen molar-refractivity contribution >= 4 is 22.4 Å². The summed E-state index contributed by atoms with van der Waals surface area (Å²) in [4.78, 5) is 17.8. The minimum atomic E-state index is -0.259. The Kier molecular flexibility index (Phi) is 5.56. The van der Waals surface area contributed by atoms with E-state index in [1.54, 1.807) is 0 Å². The first-order chi connectivity index (χ1) is 9.28. The highest BCUT2D eigenvalue weighted by molar-refractivity contribution is 7.13. The summed E-state index contributed by atoms with van der Waals surface area (Å²) in [5, 5.41) is 6.01. The molecule has 6 nitrogen and oxygen atoms in total. The van der Waals surface area contributed by atoms with E-state index in [0.29, 0.717) is 0 Å². The Morgan fingerprint density at radius 1 is 1.58 bits per heavy atom. The normalized spacial score (nSPS) is 16.3. The van der Waals surface area contributed by atoms with Gasteiger partial charge in [-0.25, -0.2) is 4.98 Å². The van der Waals surface area contributed by atoms with E-state index in [4.69, 9.17) is 4.74 Å². The molecule has 0 saturated carbocycles. The quantitative estimate of drug-likeness (QED) is 0.772. The van der Waals surface area contributed by atoms with Crippen LogP contribution in [0.25, 0.3) is 0 Å². The Morgan fingerprint density at radius 3 is 3.11 bits per heavy atom. The van der Waals surface area contributed by atoms with Gasteiger partial charge in [0.1, 0.15) is 0 Å². The molecule has 0 aromatic carbocycles. The first-order valence-corrected chi connectivity index (χ1v) is 7.21. The predicted molar refractivity (Wildman–Crippen MR) is 73.6 cm³/mol. The largest absolute Gasteiger partial charge is 0.469 e. The summed E-state index contributed by atoms with van der Waals surface area (Å²) in [5.74, 6) is -0.259. The van der Waals surface area contributed by atoms with Crippen molar-refractivity contribution < 1.29 is 14.3 Å². The van der Waals surface area contributed by atoms with E-state index in [0.717, 1.165) is 50.2 Å². The van der Waals surface area contributed by atoms with Gasteiger partial charge in [0.15, 0.2) is 5.13 Å². The van der Waals surface area contributed by atoms with Gasteiger partial charge in [-0.1, -0.05) is 0 Å². The lowest BCUT2D eigenvalue weighted by atomic mass is 10.3. The highest BCUT2D eigenvalue weighted by Crippen LogP contribution is 2.15. The second-order valence-corrected chi connectivity index (χ2v) is 5.14. The molecule has 0 radical (unpaired) electrons. The maximum atomic E-state index is 11.1. The Balaban J connectivity index is 1.69. The van der Waals surface area contributed by atoms with Crippen LogP contribution in [-0.4, -0.2) is 62.4 Å². The number of morpholine rings is 1. The molecule has 0 amide bonds.